The van der Waals surface area contributed by atoms with Crippen molar-refractivity contribution in [1.82, 2.24) is 14.5 Å². The van der Waals surface area contributed by atoms with Crippen molar-refractivity contribution in [2.24, 2.45) is 0 Å². The van der Waals surface area contributed by atoms with E-state index in [0.29, 0.717) is 30.2 Å². The van der Waals surface area contributed by atoms with Gasteiger partial charge < -0.3 is 14.4 Å². The largest absolute Gasteiger partial charge is 0.486 e. The van der Waals surface area contributed by atoms with Gasteiger partial charge >= 0.3 is 0 Å². The van der Waals surface area contributed by atoms with Crippen LogP contribution in [-0.2, 0) is 6.42 Å². The summed E-state index contributed by atoms with van der Waals surface area (Å²) in [6.07, 6.45) is 0.511. The van der Waals surface area contributed by atoms with E-state index in [2.05, 4.69) is 9.59 Å². The lowest BCUT2D eigenvalue weighted by molar-refractivity contribution is 0.0523. The molecule has 1 aromatic carbocycles. The van der Waals surface area contributed by atoms with Crippen LogP contribution in [0.3, 0.4) is 0 Å². The van der Waals surface area contributed by atoms with Crippen LogP contribution >= 0.6 is 11.5 Å². The van der Waals surface area contributed by atoms with Gasteiger partial charge in [0.05, 0.1) is 12.2 Å². The van der Waals surface area contributed by atoms with Gasteiger partial charge in [0.1, 0.15) is 11.5 Å². The molecule has 0 unspecified atom stereocenters. The van der Waals surface area contributed by atoms with E-state index < -0.39 is 0 Å². The molecule has 2 heterocycles. The van der Waals surface area contributed by atoms with Crippen LogP contribution in [-0.4, -0.2) is 46.7 Å². The molecule has 22 heavy (non-hydrogen) atoms. The smallest absolute Gasteiger partial charge is 0.267 e. The lowest BCUT2D eigenvalue weighted by atomic mass is 10.2. The molecule has 0 bridgehead atoms. The van der Waals surface area contributed by atoms with Crippen molar-refractivity contribution in [3.8, 4) is 11.5 Å². The van der Waals surface area contributed by atoms with Crippen molar-refractivity contribution < 1.29 is 14.3 Å². The first-order valence-electron chi connectivity index (χ1n) is 7.14. The number of likely N-dealkylation sites (N-methyl/N-ethyl adjacent to an activating group) is 1. The predicted molar refractivity (Wildman–Crippen MR) is 82.6 cm³/mol. The van der Waals surface area contributed by atoms with Gasteiger partial charge in [-0.3, -0.25) is 4.79 Å². The van der Waals surface area contributed by atoms with Gasteiger partial charge in [-0.05, 0) is 30.1 Å². The maximum absolute atomic E-state index is 12.5. The van der Waals surface area contributed by atoms with Crippen LogP contribution in [0, 0.1) is 0 Å². The molecule has 0 saturated carbocycles. The van der Waals surface area contributed by atoms with E-state index in [1.54, 1.807) is 11.9 Å². The van der Waals surface area contributed by atoms with Gasteiger partial charge in [-0.25, -0.2) is 0 Å². The number of aryl methyl sites for hydroxylation is 1. The van der Waals surface area contributed by atoms with Gasteiger partial charge in [-0.15, -0.1) is 5.10 Å². The third-order valence-corrected chi connectivity index (χ3v) is 4.23. The summed E-state index contributed by atoms with van der Waals surface area (Å²) in [5.74, 6) is 1.38. The van der Waals surface area contributed by atoms with Crippen LogP contribution in [0.1, 0.15) is 22.3 Å². The van der Waals surface area contributed by atoms with E-state index in [0.717, 1.165) is 23.0 Å². The molecule has 0 aliphatic carbocycles. The summed E-state index contributed by atoms with van der Waals surface area (Å²) in [6, 6.07) is 7.54. The van der Waals surface area contributed by atoms with E-state index in [1.807, 2.05) is 31.2 Å². The number of amides is 1. The van der Waals surface area contributed by atoms with Crippen molar-refractivity contribution in [1.29, 1.82) is 0 Å². The zero-order chi connectivity index (χ0) is 15.5. The fourth-order valence-electron chi connectivity index (χ4n) is 2.32. The Hall–Kier alpha value is -2.15. The third kappa shape index (κ3) is 2.89. The number of rotatable bonds is 4. The summed E-state index contributed by atoms with van der Waals surface area (Å²) in [5.41, 5.74) is 0.744. The molecule has 6 nitrogen and oxygen atoms in total. The van der Waals surface area contributed by atoms with Gasteiger partial charge in [0, 0.05) is 7.05 Å². The summed E-state index contributed by atoms with van der Waals surface area (Å²) < 4.78 is 15.4. The fourth-order valence-corrected chi connectivity index (χ4v) is 3.06. The second-order valence-electron chi connectivity index (χ2n) is 5.09. The van der Waals surface area contributed by atoms with Crippen molar-refractivity contribution in [3.63, 3.8) is 0 Å². The van der Waals surface area contributed by atoms with Crippen LogP contribution in [0.4, 0.5) is 0 Å². The number of carbonyl (C=O) groups excluding carboxylic acids is 1. The Morgan fingerprint density at radius 1 is 1.41 bits per heavy atom. The number of nitrogens with zero attached hydrogens (tertiary/aromatic N) is 3. The summed E-state index contributed by atoms with van der Waals surface area (Å²) in [5, 5.41) is 3.98. The van der Waals surface area contributed by atoms with Crippen molar-refractivity contribution in [3.05, 3.63) is 34.8 Å². The molecule has 7 heteroatoms. The number of para-hydroxylation sites is 2. The Labute approximate surface area is 132 Å². The van der Waals surface area contributed by atoms with Crippen LogP contribution in [0.5, 0.6) is 11.5 Å². The lowest BCUT2D eigenvalue weighted by Crippen LogP contribution is -2.41. The van der Waals surface area contributed by atoms with Crippen molar-refractivity contribution in [2.45, 2.75) is 19.4 Å². The van der Waals surface area contributed by atoms with Crippen LogP contribution in [0.15, 0.2) is 24.3 Å². The second-order valence-corrected chi connectivity index (χ2v) is 5.84. The number of hydrogen-bond donors (Lipinski definition) is 0. The van der Waals surface area contributed by atoms with Crippen molar-refractivity contribution in [2.75, 3.05) is 20.2 Å². The van der Waals surface area contributed by atoms with E-state index in [9.17, 15) is 4.79 Å². The van der Waals surface area contributed by atoms with Crippen LogP contribution in [0.2, 0.25) is 0 Å². The van der Waals surface area contributed by atoms with E-state index in [4.69, 9.17) is 9.47 Å². The molecule has 0 radical (unpaired) electrons. The Balaban J connectivity index is 1.65. The molecule has 1 aliphatic heterocycles. The van der Waals surface area contributed by atoms with Crippen LogP contribution in [0.25, 0.3) is 0 Å². The number of fused-ring (bicyclic) bond motifs is 1. The molecule has 0 N–H and O–H groups in total. The number of carbonyl (C=O) groups is 1. The molecule has 0 fully saturated rings. The normalized spacial score (nSPS) is 16.4. The first-order chi connectivity index (χ1) is 10.7. The maximum Gasteiger partial charge on any atom is 0.267 e. The zero-order valence-electron chi connectivity index (χ0n) is 12.5. The Kier molecular flexibility index (Phi) is 4.24. The third-order valence-electron chi connectivity index (χ3n) is 3.48. The Bertz CT molecular complexity index is 674. The van der Waals surface area contributed by atoms with Gasteiger partial charge in [0.25, 0.3) is 5.91 Å². The van der Waals surface area contributed by atoms with Gasteiger partial charge in [0.15, 0.2) is 17.6 Å². The topological polar surface area (TPSA) is 64.6 Å². The monoisotopic (exact) mass is 319 g/mol. The number of aromatic nitrogens is 2. The Morgan fingerprint density at radius 3 is 2.95 bits per heavy atom. The van der Waals surface area contributed by atoms with E-state index in [1.165, 1.54) is 0 Å². The molecule has 0 spiro atoms. The average Bonchev–Trinajstić information content (AvgIpc) is 3.02. The minimum atomic E-state index is -0.185. The Morgan fingerprint density at radius 2 is 2.18 bits per heavy atom. The molecule has 2 aromatic rings. The molecule has 116 valence electrons. The minimum Gasteiger partial charge on any atom is -0.486 e. The first-order valence-corrected chi connectivity index (χ1v) is 7.91. The maximum atomic E-state index is 12.5. The molecular formula is C15H17N3O3S. The van der Waals surface area contributed by atoms with E-state index in [-0.39, 0.29) is 12.0 Å². The SMILES string of the molecule is CCc1nnsc1C(=O)N(C)C[C@H]1COc2ccccc2O1. The molecule has 1 aliphatic rings. The zero-order valence-corrected chi connectivity index (χ0v) is 13.3. The number of ether oxygens (including phenoxy) is 2. The predicted octanol–water partition coefficient (Wildman–Crippen LogP) is 2.01. The van der Waals surface area contributed by atoms with Gasteiger partial charge in [-0.1, -0.05) is 23.5 Å². The molecule has 1 amide bonds. The fraction of sp³-hybridized carbons (Fsp3) is 0.400. The summed E-state index contributed by atoms with van der Waals surface area (Å²) >= 11 is 1.14. The summed E-state index contributed by atoms with van der Waals surface area (Å²) in [7, 11) is 1.76. The molecular weight excluding hydrogens is 302 g/mol. The molecule has 3 rings (SSSR count). The first kappa shape index (κ1) is 14.8. The summed E-state index contributed by atoms with van der Waals surface area (Å²) in [4.78, 5) is 14.7. The van der Waals surface area contributed by atoms with E-state index >= 15 is 0 Å². The number of benzene rings is 1. The minimum absolute atomic E-state index is 0.0747. The second kappa shape index (κ2) is 6.31. The lowest BCUT2D eigenvalue weighted by Gasteiger charge is -2.29. The molecule has 1 aromatic heterocycles. The quantitative estimate of drug-likeness (QED) is 0.862. The highest BCUT2D eigenvalue weighted by molar-refractivity contribution is 7.07. The van der Waals surface area contributed by atoms with Gasteiger partial charge in [-0.2, -0.15) is 0 Å². The standard InChI is InChI=1S/C15H17N3O3S/c1-3-11-14(22-17-16-11)15(19)18(2)8-10-9-20-12-6-4-5-7-13(12)21-10/h4-7,10H,3,8-9H2,1-2H3/t10-/m0/s1. The molecule has 0 saturated heterocycles. The van der Waals surface area contributed by atoms with Crippen LogP contribution < -0.4 is 9.47 Å². The highest BCUT2D eigenvalue weighted by atomic mass is 32.1. The van der Waals surface area contributed by atoms with Gasteiger partial charge in [0.2, 0.25) is 0 Å². The average molecular weight is 319 g/mol. The number of hydrogen-bond acceptors (Lipinski definition) is 6. The van der Waals surface area contributed by atoms with Crippen molar-refractivity contribution >= 4 is 17.4 Å². The highest BCUT2D eigenvalue weighted by Gasteiger charge is 2.26. The highest BCUT2D eigenvalue weighted by Crippen LogP contribution is 2.31. The molecule has 1 atom stereocenters. The summed E-state index contributed by atoms with van der Waals surface area (Å²) in [6.45, 7) is 2.84.